The van der Waals surface area contributed by atoms with Crippen LogP contribution >= 0.6 is 11.6 Å². The molecule has 0 spiro atoms. The van der Waals surface area contributed by atoms with E-state index in [4.69, 9.17) is 11.6 Å². The Hall–Kier alpha value is -1.25. The minimum absolute atomic E-state index is 0.791. The van der Waals surface area contributed by atoms with Gasteiger partial charge in [-0.1, -0.05) is 23.7 Å². The molecule has 1 aromatic carbocycles. The Labute approximate surface area is 101 Å². The van der Waals surface area contributed by atoms with Gasteiger partial charge in [-0.3, -0.25) is 0 Å². The Morgan fingerprint density at radius 2 is 2.00 bits per heavy atom. The first-order valence-electron chi connectivity index (χ1n) is 5.30. The van der Waals surface area contributed by atoms with E-state index >= 15 is 0 Å². The highest BCUT2D eigenvalue weighted by atomic mass is 35.5. The number of rotatable bonds is 4. The van der Waals surface area contributed by atoms with Gasteiger partial charge in [-0.15, -0.1) is 0 Å². The van der Waals surface area contributed by atoms with Crippen LogP contribution in [0.5, 0.6) is 0 Å². The van der Waals surface area contributed by atoms with E-state index in [1.54, 1.807) is 0 Å². The summed E-state index contributed by atoms with van der Waals surface area (Å²) in [6.07, 6.45) is 4.17. The van der Waals surface area contributed by atoms with Gasteiger partial charge in [-0.25, -0.2) is 0 Å². The third-order valence-electron chi connectivity index (χ3n) is 2.44. The van der Waals surface area contributed by atoms with Gasteiger partial charge in [0.1, 0.15) is 0 Å². The van der Waals surface area contributed by atoms with Crippen LogP contribution in [-0.4, -0.2) is 4.57 Å². The van der Waals surface area contributed by atoms with Crippen LogP contribution in [0.25, 0.3) is 0 Å². The number of aromatic nitrogens is 1. The molecular formula is C13H15ClN2. The molecule has 0 aliphatic heterocycles. The number of hydrogen-bond acceptors (Lipinski definition) is 1. The largest absolute Gasteiger partial charge is 0.357 e. The van der Waals surface area contributed by atoms with Gasteiger partial charge in [0.2, 0.25) is 0 Å². The normalized spacial score (nSPS) is 10.6. The molecule has 0 radical (unpaired) electrons. The first-order valence-corrected chi connectivity index (χ1v) is 5.68. The highest BCUT2D eigenvalue weighted by molar-refractivity contribution is 6.30. The van der Waals surface area contributed by atoms with Crippen molar-refractivity contribution in [1.82, 2.24) is 9.88 Å². The second-order valence-electron chi connectivity index (χ2n) is 3.92. The van der Waals surface area contributed by atoms with Crippen molar-refractivity contribution < 1.29 is 0 Å². The second kappa shape index (κ2) is 5.19. The van der Waals surface area contributed by atoms with Gasteiger partial charge < -0.3 is 9.88 Å². The van der Waals surface area contributed by atoms with E-state index in [1.165, 1.54) is 11.1 Å². The lowest BCUT2D eigenvalue weighted by molar-refractivity contribution is 0.692. The van der Waals surface area contributed by atoms with Crippen molar-refractivity contribution in [3.8, 4) is 0 Å². The number of halogens is 1. The Bertz CT molecular complexity index is 462. The molecule has 3 heteroatoms. The van der Waals surface area contributed by atoms with Gasteiger partial charge in [0, 0.05) is 37.6 Å². The van der Waals surface area contributed by atoms with Crippen molar-refractivity contribution in [3.05, 3.63) is 58.9 Å². The molecule has 0 aliphatic rings. The molecule has 0 atom stereocenters. The zero-order chi connectivity index (χ0) is 11.4. The summed E-state index contributed by atoms with van der Waals surface area (Å²) in [5.74, 6) is 0. The minimum atomic E-state index is 0.791. The maximum Gasteiger partial charge on any atom is 0.0409 e. The monoisotopic (exact) mass is 234 g/mol. The molecule has 0 amide bonds. The van der Waals surface area contributed by atoms with Crippen LogP contribution in [0, 0.1) is 0 Å². The molecule has 16 heavy (non-hydrogen) atoms. The smallest absolute Gasteiger partial charge is 0.0409 e. The second-order valence-corrected chi connectivity index (χ2v) is 4.36. The molecule has 1 heterocycles. The van der Waals surface area contributed by atoms with Crippen molar-refractivity contribution in [1.29, 1.82) is 0 Å². The number of hydrogen-bond donors (Lipinski definition) is 1. The molecule has 0 unspecified atom stereocenters. The fourth-order valence-electron chi connectivity index (χ4n) is 1.66. The van der Waals surface area contributed by atoms with Crippen LogP contribution in [0.2, 0.25) is 5.02 Å². The number of aryl methyl sites for hydroxylation is 1. The highest BCUT2D eigenvalue weighted by Crippen LogP contribution is 2.10. The van der Waals surface area contributed by atoms with E-state index in [2.05, 4.69) is 34.4 Å². The third-order valence-corrected chi connectivity index (χ3v) is 2.68. The van der Waals surface area contributed by atoms with E-state index in [-0.39, 0.29) is 0 Å². The van der Waals surface area contributed by atoms with Gasteiger partial charge >= 0.3 is 0 Å². The van der Waals surface area contributed by atoms with Crippen LogP contribution in [0.15, 0.2) is 42.7 Å². The average molecular weight is 235 g/mol. The van der Waals surface area contributed by atoms with Crippen LogP contribution in [-0.2, 0) is 20.1 Å². The maximum absolute atomic E-state index is 5.91. The van der Waals surface area contributed by atoms with E-state index in [0.29, 0.717) is 0 Å². The van der Waals surface area contributed by atoms with E-state index in [0.717, 1.165) is 18.1 Å². The van der Waals surface area contributed by atoms with Gasteiger partial charge in [-0.05, 0) is 29.3 Å². The molecule has 2 rings (SSSR count). The SMILES string of the molecule is Cn1ccc(CNCc2cccc(Cl)c2)c1. The number of nitrogens with one attached hydrogen (secondary N) is 1. The fraction of sp³-hybridized carbons (Fsp3) is 0.231. The summed E-state index contributed by atoms with van der Waals surface area (Å²) in [6, 6.07) is 10.0. The first-order chi connectivity index (χ1) is 7.74. The Balaban J connectivity index is 1.84. The van der Waals surface area contributed by atoms with Gasteiger partial charge in [0.15, 0.2) is 0 Å². The summed E-state index contributed by atoms with van der Waals surface area (Å²) in [7, 11) is 2.03. The molecule has 2 nitrogen and oxygen atoms in total. The van der Waals surface area contributed by atoms with Gasteiger partial charge in [-0.2, -0.15) is 0 Å². The average Bonchev–Trinajstić information content (AvgIpc) is 2.64. The molecule has 0 aliphatic carbocycles. The predicted octanol–water partition coefficient (Wildman–Crippen LogP) is 2.97. The summed E-state index contributed by atoms with van der Waals surface area (Å²) >= 11 is 5.91. The lowest BCUT2D eigenvalue weighted by atomic mass is 10.2. The standard InChI is InChI=1S/C13H15ClN2/c1-16-6-5-12(10-16)9-15-8-11-3-2-4-13(14)7-11/h2-7,10,15H,8-9H2,1H3. The van der Waals surface area contributed by atoms with E-state index in [9.17, 15) is 0 Å². The van der Waals surface area contributed by atoms with Crippen LogP contribution in [0.1, 0.15) is 11.1 Å². The molecule has 84 valence electrons. The van der Waals surface area contributed by atoms with Crippen LogP contribution in [0.3, 0.4) is 0 Å². The molecule has 0 saturated heterocycles. The molecule has 0 saturated carbocycles. The summed E-state index contributed by atoms with van der Waals surface area (Å²) in [5, 5.41) is 4.18. The minimum Gasteiger partial charge on any atom is -0.357 e. The van der Waals surface area contributed by atoms with E-state index in [1.807, 2.05) is 25.2 Å². The van der Waals surface area contributed by atoms with Crippen molar-refractivity contribution in [2.24, 2.45) is 7.05 Å². The first kappa shape index (κ1) is 11.2. The summed E-state index contributed by atoms with van der Waals surface area (Å²) in [5.41, 5.74) is 2.51. The topological polar surface area (TPSA) is 17.0 Å². The third kappa shape index (κ3) is 3.12. The van der Waals surface area contributed by atoms with Crippen LogP contribution < -0.4 is 5.32 Å². The fourth-order valence-corrected chi connectivity index (χ4v) is 1.88. The summed E-state index contributed by atoms with van der Waals surface area (Å²) in [6.45, 7) is 1.73. The van der Waals surface area contributed by atoms with Crippen molar-refractivity contribution >= 4 is 11.6 Å². The van der Waals surface area contributed by atoms with Gasteiger partial charge in [0.05, 0.1) is 0 Å². The Kier molecular flexibility index (Phi) is 3.65. The molecule has 2 aromatic rings. The molecule has 1 N–H and O–H groups in total. The Morgan fingerprint density at radius 3 is 2.69 bits per heavy atom. The van der Waals surface area contributed by atoms with Gasteiger partial charge in [0.25, 0.3) is 0 Å². The van der Waals surface area contributed by atoms with E-state index < -0.39 is 0 Å². The maximum atomic E-state index is 5.91. The lowest BCUT2D eigenvalue weighted by Crippen LogP contribution is -2.12. The number of benzene rings is 1. The lowest BCUT2D eigenvalue weighted by Gasteiger charge is -2.03. The predicted molar refractivity (Wildman–Crippen MR) is 67.4 cm³/mol. The Morgan fingerprint density at radius 1 is 1.19 bits per heavy atom. The van der Waals surface area contributed by atoms with Crippen molar-refractivity contribution in [2.75, 3.05) is 0 Å². The highest BCUT2D eigenvalue weighted by Gasteiger charge is 1.96. The molecular weight excluding hydrogens is 220 g/mol. The molecule has 1 aromatic heterocycles. The summed E-state index contributed by atoms with van der Waals surface area (Å²) < 4.78 is 2.05. The number of nitrogens with zero attached hydrogens (tertiary/aromatic N) is 1. The zero-order valence-electron chi connectivity index (χ0n) is 9.28. The summed E-state index contributed by atoms with van der Waals surface area (Å²) in [4.78, 5) is 0. The zero-order valence-corrected chi connectivity index (χ0v) is 10.0. The van der Waals surface area contributed by atoms with Crippen LogP contribution in [0.4, 0.5) is 0 Å². The molecule has 0 bridgehead atoms. The quantitative estimate of drug-likeness (QED) is 0.861. The molecule has 0 fully saturated rings. The van der Waals surface area contributed by atoms with Crippen molar-refractivity contribution in [3.63, 3.8) is 0 Å². The van der Waals surface area contributed by atoms with Crippen molar-refractivity contribution in [2.45, 2.75) is 13.1 Å².